The lowest BCUT2D eigenvalue weighted by Crippen LogP contribution is -2.51. The first-order valence-corrected chi connectivity index (χ1v) is 6.55. The number of benzene rings is 1. The normalized spacial score (nSPS) is 14.6. The van der Waals surface area contributed by atoms with Crippen LogP contribution in [-0.4, -0.2) is 29.3 Å². The third-order valence-electron chi connectivity index (χ3n) is 3.75. The van der Waals surface area contributed by atoms with Crippen molar-refractivity contribution in [2.24, 2.45) is 0 Å². The molecule has 18 heavy (non-hydrogen) atoms. The summed E-state index contributed by atoms with van der Waals surface area (Å²) in [7, 11) is 0. The Balaban J connectivity index is 3.08. The van der Waals surface area contributed by atoms with E-state index in [4.69, 9.17) is 0 Å². The van der Waals surface area contributed by atoms with Gasteiger partial charge in [-0.1, -0.05) is 20.8 Å². The van der Waals surface area contributed by atoms with Crippen LogP contribution >= 0.6 is 0 Å². The Hall–Kier alpha value is -1.22. The third-order valence-corrected chi connectivity index (χ3v) is 3.75. The molecule has 1 unspecified atom stereocenters. The number of halogens is 1. The average Bonchev–Trinajstić information content (AvgIpc) is 2.39. The predicted molar refractivity (Wildman–Crippen MR) is 72.3 cm³/mol. The van der Waals surface area contributed by atoms with Gasteiger partial charge in [-0.25, -0.2) is 4.39 Å². The SMILES string of the molecule is CCN(CC)C(C)(CC)C(=O)c1ccc(F)cc1. The number of carbonyl (C=O) groups excluding carboxylic acids is 1. The summed E-state index contributed by atoms with van der Waals surface area (Å²) in [6, 6.07) is 5.81. The van der Waals surface area contributed by atoms with E-state index in [1.165, 1.54) is 12.1 Å². The van der Waals surface area contributed by atoms with Crippen LogP contribution in [0.2, 0.25) is 0 Å². The first-order valence-electron chi connectivity index (χ1n) is 6.55. The fourth-order valence-electron chi connectivity index (χ4n) is 2.36. The van der Waals surface area contributed by atoms with Crippen molar-refractivity contribution in [3.63, 3.8) is 0 Å². The molecule has 1 rings (SSSR count). The van der Waals surface area contributed by atoms with Gasteiger partial charge in [0.2, 0.25) is 0 Å². The standard InChI is InChI=1S/C15H22FNO/c1-5-15(4,17(6-2)7-3)14(18)12-8-10-13(16)11-9-12/h8-11H,5-7H2,1-4H3. The van der Waals surface area contributed by atoms with Crippen LogP contribution in [0.5, 0.6) is 0 Å². The van der Waals surface area contributed by atoms with Gasteiger partial charge in [-0.3, -0.25) is 9.69 Å². The molecule has 0 radical (unpaired) electrons. The van der Waals surface area contributed by atoms with E-state index < -0.39 is 5.54 Å². The second-order valence-electron chi connectivity index (χ2n) is 4.64. The summed E-state index contributed by atoms with van der Waals surface area (Å²) in [5.74, 6) is -0.249. The largest absolute Gasteiger partial charge is 0.292 e. The predicted octanol–water partition coefficient (Wildman–Crippen LogP) is 3.52. The summed E-state index contributed by atoms with van der Waals surface area (Å²) in [5.41, 5.74) is 0.0640. The van der Waals surface area contributed by atoms with E-state index >= 15 is 0 Å². The highest BCUT2D eigenvalue weighted by Gasteiger charge is 2.36. The van der Waals surface area contributed by atoms with Crippen molar-refractivity contribution in [3.8, 4) is 0 Å². The fourth-order valence-corrected chi connectivity index (χ4v) is 2.36. The molecular formula is C15H22FNO. The second kappa shape index (κ2) is 6.10. The molecule has 0 spiro atoms. The molecule has 0 saturated heterocycles. The smallest absolute Gasteiger partial charge is 0.182 e. The number of likely N-dealkylation sites (N-methyl/N-ethyl adjacent to an activating group) is 1. The molecular weight excluding hydrogens is 229 g/mol. The molecule has 0 aliphatic carbocycles. The Kier molecular flexibility index (Phi) is 5.03. The van der Waals surface area contributed by atoms with Gasteiger partial charge in [0.25, 0.3) is 0 Å². The molecule has 1 aromatic rings. The highest BCUT2D eigenvalue weighted by Crippen LogP contribution is 2.24. The van der Waals surface area contributed by atoms with Gasteiger partial charge in [0, 0.05) is 5.56 Å². The van der Waals surface area contributed by atoms with Crippen LogP contribution in [0.25, 0.3) is 0 Å². The molecule has 0 saturated carbocycles. The van der Waals surface area contributed by atoms with Crippen molar-refractivity contribution < 1.29 is 9.18 Å². The highest BCUT2D eigenvalue weighted by atomic mass is 19.1. The van der Waals surface area contributed by atoms with Crippen LogP contribution < -0.4 is 0 Å². The van der Waals surface area contributed by atoms with Gasteiger partial charge in [0.05, 0.1) is 5.54 Å². The summed E-state index contributed by atoms with van der Waals surface area (Å²) in [4.78, 5) is 14.8. The molecule has 0 aliphatic rings. The van der Waals surface area contributed by atoms with E-state index in [9.17, 15) is 9.18 Å². The molecule has 1 aromatic carbocycles. The summed E-state index contributed by atoms with van der Waals surface area (Å²) < 4.78 is 12.9. The third kappa shape index (κ3) is 2.78. The number of hydrogen-bond donors (Lipinski definition) is 0. The van der Waals surface area contributed by atoms with E-state index in [1.807, 2.05) is 13.8 Å². The maximum atomic E-state index is 12.9. The summed E-state index contributed by atoms with van der Waals surface area (Å²) >= 11 is 0. The molecule has 3 heteroatoms. The van der Waals surface area contributed by atoms with Crippen molar-refractivity contribution >= 4 is 5.78 Å². The molecule has 100 valence electrons. The van der Waals surface area contributed by atoms with E-state index in [-0.39, 0.29) is 11.6 Å². The summed E-state index contributed by atoms with van der Waals surface area (Å²) in [6.45, 7) is 9.73. The quantitative estimate of drug-likeness (QED) is 0.721. The number of rotatable bonds is 6. The van der Waals surface area contributed by atoms with E-state index in [0.717, 1.165) is 19.5 Å². The summed E-state index contributed by atoms with van der Waals surface area (Å²) in [6.07, 6.45) is 0.741. The van der Waals surface area contributed by atoms with Gasteiger partial charge >= 0.3 is 0 Å². The Morgan fingerprint density at radius 2 is 1.67 bits per heavy atom. The van der Waals surface area contributed by atoms with Crippen molar-refractivity contribution in [3.05, 3.63) is 35.6 Å². The Morgan fingerprint density at radius 1 is 1.17 bits per heavy atom. The maximum absolute atomic E-state index is 12.9. The molecule has 0 N–H and O–H groups in total. The van der Waals surface area contributed by atoms with Crippen LogP contribution in [0.1, 0.15) is 44.5 Å². The number of hydrogen-bond acceptors (Lipinski definition) is 2. The number of Topliss-reactive ketones (excluding diaryl/α,β-unsaturated/α-hetero) is 1. The first kappa shape index (κ1) is 14.8. The zero-order valence-electron chi connectivity index (χ0n) is 11.7. The highest BCUT2D eigenvalue weighted by molar-refractivity contribution is 6.02. The van der Waals surface area contributed by atoms with Crippen LogP contribution in [0.3, 0.4) is 0 Å². The van der Waals surface area contributed by atoms with Gasteiger partial charge in [-0.15, -0.1) is 0 Å². The minimum absolute atomic E-state index is 0.0636. The second-order valence-corrected chi connectivity index (χ2v) is 4.64. The van der Waals surface area contributed by atoms with E-state index in [0.29, 0.717) is 5.56 Å². The number of nitrogens with zero attached hydrogens (tertiary/aromatic N) is 1. The van der Waals surface area contributed by atoms with Crippen molar-refractivity contribution in [1.29, 1.82) is 0 Å². The number of carbonyl (C=O) groups is 1. The van der Waals surface area contributed by atoms with Gasteiger partial charge in [-0.05, 0) is 50.7 Å². The van der Waals surface area contributed by atoms with Gasteiger partial charge in [0.15, 0.2) is 5.78 Å². The van der Waals surface area contributed by atoms with Crippen LogP contribution in [0, 0.1) is 5.82 Å². The van der Waals surface area contributed by atoms with Crippen molar-refractivity contribution in [2.75, 3.05) is 13.1 Å². The average molecular weight is 251 g/mol. The van der Waals surface area contributed by atoms with Crippen LogP contribution in [-0.2, 0) is 0 Å². The lowest BCUT2D eigenvalue weighted by atomic mass is 9.86. The number of ketones is 1. The van der Waals surface area contributed by atoms with Crippen LogP contribution in [0.15, 0.2) is 24.3 Å². The van der Waals surface area contributed by atoms with Crippen molar-refractivity contribution in [1.82, 2.24) is 4.90 Å². The Labute approximate surface area is 109 Å². The van der Waals surface area contributed by atoms with Crippen molar-refractivity contribution in [2.45, 2.75) is 39.7 Å². The van der Waals surface area contributed by atoms with Gasteiger partial charge in [-0.2, -0.15) is 0 Å². The molecule has 0 heterocycles. The molecule has 1 atom stereocenters. The molecule has 0 bridgehead atoms. The molecule has 0 aromatic heterocycles. The van der Waals surface area contributed by atoms with Gasteiger partial charge < -0.3 is 0 Å². The van der Waals surface area contributed by atoms with E-state index in [2.05, 4.69) is 18.7 Å². The van der Waals surface area contributed by atoms with Gasteiger partial charge in [0.1, 0.15) is 5.82 Å². The minimum Gasteiger partial charge on any atom is -0.292 e. The molecule has 2 nitrogen and oxygen atoms in total. The maximum Gasteiger partial charge on any atom is 0.182 e. The minimum atomic E-state index is -0.513. The van der Waals surface area contributed by atoms with E-state index in [1.54, 1.807) is 12.1 Å². The lowest BCUT2D eigenvalue weighted by molar-refractivity contribution is 0.0607. The zero-order chi connectivity index (χ0) is 13.8. The fraction of sp³-hybridized carbons (Fsp3) is 0.533. The first-order chi connectivity index (χ1) is 8.49. The summed E-state index contributed by atoms with van der Waals surface area (Å²) in [5, 5.41) is 0. The topological polar surface area (TPSA) is 20.3 Å². The monoisotopic (exact) mass is 251 g/mol. The lowest BCUT2D eigenvalue weighted by Gasteiger charge is -2.38. The molecule has 0 aliphatic heterocycles. The zero-order valence-corrected chi connectivity index (χ0v) is 11.7. The Morgan fingerprint density at radius 3 is 2.06 bits per heavy atom. The Bertz CT molecular complexity index is 397. The molecule has 0 fully saturated rings. The van der Waals surface area contributed by atoms with Crippen LogP contribution in [0.4, 0.5) is 4.39 Å². The molecule has 0 amide bonds.